The lowest BCUT2D eigenvalue weighted by atomic mass is 9.99. The summed E-state index contributed by atoms with van der Waals surface area (Å²) in [6.45, 7) is 3.49. The first-order valence-electron chi connectivity index (χ1n) is 7.18. The van der Waals surface area contributed by atoms with Gasteiger partial charge in [-0.1, -0.05) is 6.07 Å². The molecule has 0 spiro atoms. The summed E-state index contributed by atoms with van der Waals surface area (Å²) < 4.78 is 0. The highest BCUT2D eigenvalue weighted by molar-refractivity contribution is 5.41. The Kier molecular flexibility index (Phi) is 3.25. The zero-order valence-corrected chi connectivity index (χ0v) is 11.4. The Labute approximate surface area is 110 Å². The second kappa shape index (κ2) is 4.88. The standard InChI is InChI=1S/C15H23N3/c1-11-10-13(8-9-18(11)2)16-15-7-6-12-4-3-5-14(12)17-15/h6-7,11,13H,3-5,8-10H2,1-2H3,(H,16,17). The molecule has 3 rings (SSSR count). The van der Waals surface area contributed by atoms with Gasteiger partial charge in [-0.3, -0.25) is 0 Å². The van der Waals surface area contributed by atoms with Crippen LogP contribution < -0.4 is 5.32 Å². The summed E-state index contributed by atoms with van der Waals surface area (Å²) in [7, 11) is 2.22. The number of fused-ring (bicyclic) bond motifs is 1. The minimum absolute atomic E-state index is 0.586. The molecule has 1 fully saturated rings. The second-order valence-electron chi connectivity index (χ2n) is 5.85. The van der Waals surface area contributed by atoms with Gasteiger partial charge in [0, 0.05) is 24.3 Å². The first-order valence-corrected chi connectivity index (χ1v) is 7.18. The van der Waals surface area contributed by atoms with E-state index in [9.17, 15) is 0 Å². The number of hydrogen-bond donors (Lipinski definition) is 1. The van der Waals surface area contributed by atoms with Crippen LogP contribution in [0.4, 0.5) is 5.82 Å². The highest BCUT2D eigenvalue weighted by Gasteiger charge is 2.23. The van der Waals surface area contributed by atoms with Crippen molar-refractivity contribution in [3.63, 3.8) is 0 Å². The predicted octanol–water partition coefficient (Wildman–Crippen LogP) is 2.46. The molecule has 0 bridgehead atoms. The van der Waals surface area contributed by atoms with E-state index in [1.165, 1.54) is 43.5 Å². The van der Waals surface area contributed by atoms with Crippen LogP contribution in [0.5, 0.6) is 0 Å². The molecule has 3 nitrogen and oxygen atoms in total. The lowest BCUT2D eigenvalue weighted by molar-refractivity contribution is 0.190. The smallest absolute Gasteiger partial charge is 0.126 e. The Morgan fingerprint density at radius 3 is 3.06 bits per heavy atom. The van der Waals surface area contributed by atoms with E-state index in [-0.39, 0.29) is 0 Å². The average Bonchev–Trinajstić information content (AvgIpc) is 2.81. The third-order valence-corrected chi connectivity index (χ3v) is 4.49. The molecule has 2 aliphatic rings. The van der Waals surface area contributed by atoms with Gasteiger partial charge in [0.15, 0.2) is 0 Å². The van der Waals surface area contributed by atoms with Crippen LogP contribution in [0, 0.1) is 0 Å². The van der Waals surface area contributed by atoms with Crippen molar-refractivity contribution < 1.29 is 0 Å². The lowest BCUT2D eigenvalue weighted by Gasteiger charge is -2.35. The molecule has 1 aliphatic heterocycles. The lowest BCUT2D eigenvalue weighted by Crippen LogP contribution is -2.42. The van der Waals surface area contributed by atoms with Gasteiger partial charge in [0.2, 0.25) is 0 Å². The van der Waals surface area contributed by atoms with Gasteiger partial charge in [-0.2, -0.15) is 0 Å². The summed E-state index contributed by atoms with van der Waals surface area (Å²) in [6.07, 6.45) is 6.09. The Hall–Kier alpha value is -1.09. The molecule has 1 aliphatic carbocycles. The van der Waals surface area contributed by atoms with Crippen LogP contribution in [0.2, 0.25) is 0 Å². The van der Waals surface area contributed by atoms with Gasteiger partial charge < -0.3 is 10.2 Å². The molecule has 0 amide bonds. The Balaban J connectivity index is 1.66. The number of rotatable bonds is 2. The van der Waals surface area contributed by atoms with E-state index in [0.29, 0.717) is 12.1 Å². The molecule has 2 heterocycles. The molecule has 3 heteroatoms. The molecule has 2 atom stereocenters. The van der Waals surface area contributed by atoms with Gasteiger partial charge in [-0.25, -0.2) is 4.98 Å². The van der Waals surface area contributed by atoms with Gasteiger partial charge in [0.1, 0.15) is 5.82 Å². The third kappa shape index (κ3) is 2.37. The largest absolute Gasteiger partial charge is 0.367 e. The molecule has 18 heavy (non-hydrogen) atoms. The minimum Gasteiger partial charge on any atom is -0.367 e. The van der Waals surface area contributed by atoms with Crippen LogP contribution >= 0.6 is 0 Å². The van der Waals surface area contributed by atoms with Crippen molar-refractivity contribution in [3.05, 3.63) is 23.4 Å². The summed E-state index contributed by atoms with van der Waals surface area (Å²) in [5, 5.41) is 3.62. The molecule has 0 saturated carbocycles. The van der Waals surface area contributed by atoms with Crippen molar-refractivity contribution >= 4 is 5.82 Å². The number of nitrogens with one attached hydrogen (secondary N) is 1. The Morgan fingerprint density at radius 2 is 2.22 bits per heavy atom. The van der Waals surface area contributed by atoms with E-state index in [1.807, 2.05) is 0 Å². The maximum absolute atomic E-state index is 4.77. The summed E-state index contributed by atoms with van der Waals surface area (Å²) >= 11 is 0. The Bertz CT molecular complexity index is 430. The molecule has 0 radical (unpaired) electrons. The summed E-state index contributed by atoms with van der Waals surface area (Å²) in [6, 6.07) is 5.68. The average molecular weight is 245 g/mol. The molecule has 98 valence electrons. The van der Waals surface area contributed by atoms with Crippen LogP contribution in [-0.4, -0.2) is 35.6 Å². The number of piperidine rings is 1. The molecule has 1 saturated heterocycles. The van der Waals surface area contributed by atoms with E-state index in [1.54, 1.807) is 0 Å². The highest BCUT2D eigenvalue weighted by atomic mass is 15.2. The SMILES string of the molecule is CC1CC(Nc2ccc3c(n2)CCC3)CCN1C. The molecule has 1 aromatic heterocycles. The topological polar surface area (TPSA) is 28.2 Å². The second-order valence-corrected chi connectivity index (χ2v) is 5.85. The summed E-state index contributed by atoms with van der Waals surface area (Å²) in [4.78, 5) is 7.21. The van der Waals surface area contributed by atoms with E-state index in [2.05, 4.69) is 36.3 Å². The zero-order valence-electron chi connectivity index (χ0n) is 11.4. The van der Waals surface area contributed by atoms with Crippen molar-refractivity contribution in [1.29, 1.82) is 0 Å². The van der Waals surface area contributed by atoms with Crippen LogP contribution in [0.3, 0.4) is 0 Å². The van der Waals surface area contributed by atoms with E-state index < -0.39 is 0 Å². The number of aromatic nitrogens is 1. The van der Waals surface area contributed by atoms with Gasteiger partial charge in [0.25, 0.3) is 0 Å². The van der Waals surface area contributed by atoms with Gasteiger partial charge >= 0.3 is 0 Å². The predicted molar refractivity (Wildman–Crippen MR) is 75.0 cm³/mol. The zero-order chi connectivity index (χ0) is 12.5. The van der Waals surface area contributed by atoms with Crippen molar-refractivity contribution in [1.82, 2.24) is 9.88 Å². The van der Waals surface area contributed by atoms with Crippen molar-refractivity contribution in [2.24, 2.45) is 0 Å². The number of pyridine rings is 1. The maximum atomic E-state index is 4.77. The number of likely N-dealkylation sites (tertiary alicyclic amines) is 1. The van der Waals surface area contributed by atoms with Crippen molar-refractivity contribution in [3.8, 4) is 0 Å². The third-order valence-electron chi connectivity index (χ3n) is 4.49. The van der Waals surface area contributed by atoms with Crippen molar-refractivity contribution in [2.45, 2.75) is 51.1 Å². The normalized spacial score (nSPS) is 28.1. The Morgan fingerprint density at radius 1 is 1.33 bits per heavy atom. The number of hydrogen-bond acceptors (Lipinski definition) is 3. The van der Waals surface area contributed by atoms with Gasteiger partial charge in [-0.15, -0.1) is 0 Å². The monoisotopic (exact) mass is 245 g/mol. The van der Waals surface area contributed by atoms with Crippen LogP contribution in [0.25, 0.3) is 0 Å². The number of anilines is 1. The van der Waals surface area contributed by atoms with Crippen LogP contribution in [0.1, 0.15) is 37.4 Å². The molecule has 0 aromatic carbocycles. The number of nitrogens with zero attached hydrogens (tertiary/aromatic N) is 2. The summed E-state index contributed by atoms with van der Waals surface area (Å²) in [5.74, 6) is 1.08. The van der Waals surface area contributed by atoms with E-state index >= 15 is 0 Å². The van der Waals surface area contributed by atoms with E-state index in [0.717, 1.165) is 12.2 Å². The molecular weight excluding hydrogens is 222 g/mol. The first kappa shape index (κ1) is 12.0. The van der Waals surface area contributed by atoms with Crippen LogP contribution in [0.15, 0.2) is 12.1 Å². The number of aryl methyl sites for hydroxylation is 2. The van der Waals surface area contributed by atoms with Crippen molar-refractivity contribution in [2.75, 3.05) is 18.9 Å². The highest BCUT2D eigenvalue weighted by Crippen LogP contribution is 2.23. The first-order chi connectivity index (χ1) is 8.72. The fourth-order valence-electron chi connectivity index (χ4n) is 3.13. The quantitative estimate of drug-likeness (QED) is 0.867. The van der Waals surface area contributed by atoms with E-state index in [4.69, 9.17) is 4.98 Å². The van der Waals surface area contributed by atoms with Gasteiger partial charge in [-0.05, 0) is 57.7 Å². The molecule has 1 N–H and O–H groups in total. The molecule has 1 aromatic rings. The molecular formula is C15H23N3. The van der Waals surface area contributed by atoms with Gasteiger partial charge in [0.05, 0.1) is 0 Å². The van der Waals surface area contributed by atoms with Crippen LogP contribution in [-0.2, 0) is 12.8 Å². The summed E-state index contributed by atoms with van der Waals surface area (Å²) in [5.41, 5.74) is 2.78. The maximum Gasteiger partial charge on any atom is 0.126 e. The minimum atomic E-state index is 0.586. The molecule has 2 unspecified atom stereocenters. The fraction of sp³-hybridized carbons (Fsp3) is 0.667. The fourth-order valence-corrected chi connectivity index (χ4v) is 3.13.